The Morgan fingerprint density at radius 1 is 1.03 bits per heavy atom. The molecule has 4 aromatic rings. The molecule has 2 aromatic heterocycles. The number of para-hydroxylation sites is 1. The van der Waals surface area contributed by atoms with Crippen LogP contribution in [-0.4, -0.2) is 10.9 Å². The van der Waals surface area contributed by atoms with Gasteiger partial charge in [-0.25, -0.2) is 4.98 Å². The lowest BCUT2D eigenvalue weighted by atomic mass is 9.98. The Hall–Kier alpha value is -3.44. The van der Waals surface area contributed by atoms with Crippen LogP contribution in [0.3, 0.4) is 0 Å². The number of benzene rings is 2. The number of rotatable bonds is 2. The highest BCUT2D eigenvalue weighted by Crippen LogP contribution is 2.40. The van der Waals surface area contributed by atoms with Crippen LogP contribution in [0.2, 0.25) is 5.02 Å². The highest BCUT2D eigenvalue weighted by Gasteiger charge is 2.44. The zero-order valence-corrected chi connectivity index (χ0v) is 16.2. The molecule has 3 heterocycles. The van der Waals surface area contributed by atoms with Crippen molar-refractivity contribution >= 4 is 34.3 Å². The van der Waals surface area contributed by atoms with Crippen LogP contribution in [0.4, 0.5) is 5.82 Å². The Balaban J connectivity index is 1.82. The molecule has 0 saturated heterocycles. The zero-order chi connectivity index (χ0) is 20.1. The summed E-state index contributed by atoms with van der Waals surface area (Å²) in [6.45, 7) is 1.92. The molecule has 0 saturated carbocycles. The van der Waals surface area contributed by atoms with Crippen molar-refractivity contribution in [2.24, 2.45) is 0 Å². The molecular formula is C23H15ClN2O3. The highest BCUT2D eigenvalue weighted by molar-refractivity contribution is 6.30. The predicted molar refractivity (Wildman–Crippen MR) is 112 cm³/mol. The van der Waals surface area contributed by atoms with Gasteiger partial charge in [-0.2, -0.15) is 0 Å². The maximum absolute atomic E-state index is 13.4. The third-order valence-electron chi connectivity index (χ3n) is 5.08. The molecular weight excluding hydrogens is 388 g/mol. The fraction of sp³-hybridized carbons (Fsp3) is 0.0870. The molecule has 1 aliphatic rings. The fourth-order valence-electron chi connectivity index (χ4n) is 3.75. The number of aromatic nitrogens is 1. The molecule has 0 spiro atoms. The molecule has 5 nitrogen and oxygen atoms in total. The first-order valence-corrected chi connectivity index (χ1v) is 9.50. The molecule has 0 bridgehead atoms. The van der Waals surface area contributed by atoms with E-state index in [-0.39, 0.29) is 11.2 Å². The van der Waals surface area contributed by atoms with Crippen LogP contribution in [0.5, 0.6) is 0 Å². The fourth-order valence-corrected chi connectivity index (χ4v) is 3.95. The molecule has 0 fully saturated rings. The molecule has 0 unspecified atom stereocenters. The van der Waals surface area contributed by atoms with Gasteiger partial charge in [0.2, 0.25) is 5.76 Å². The number of hydrogen-bond donors (Lipinski definition) is 0. The van der Waals surface area contributed by atoms with E-state index in [1.807, 2.05) is 19.1 Å². The predicted octanol–water partition coefficient (Wildman–Crippen LogP) is 4.90. The summed E-state index contributed by atoms with van der Waals surface area (Å²) in [5.74, 6) is 0.0886. The van der Waals surface area contributed by atoms with Crippen LogP contribution in [0.25, 0.3) is 11.0 Å². The lowest BCUT2D eigenvalue weighted by Gasteiger charge is -2.24. The largest absolute Gasteiger partial charge is 0.450 e. The number of amides is 1. The summed E-state index contributed by atoms with van der Waals surface area (Å²) in [4.78, 5) is 32.7. The van der Waals surface area contributed by atoms with Crippen LogP contribution in [0.1, 0.15) is 33.3 Å². The quantitative estimate of drug-likeness (QED) is 0.478. The number of fused-ring (bicyclic) bond motifs is 2. The van der Waals surface area contributed by atoms with E-state index in [0.29, 0.717) is 27.4 Å². The molecule has 142 valence electrons. The molecule has 1 aliphatic heterocycles. The molecule has 0 aliphatic carbocycles. The molecule has 0 radical (unpaired) electrons. The van der Waals surface area contributed by atoms with E-state index in [1.54, 1.807) is 54.7 Å². The maximum Gasteiger partial charge on any atom is 0.296 e. The standard InChI is InChI=1S/C23H15ClN2O3/c1-13-9-10-18(25-12-13)26-20(14-5-4-6-15(24)11-14)19-21(27)16-7-2-3-8-17(16)29-22(19)23(26)28/h2-12,20H,1H3/t20-/m1/s1. The van der Waals surface area contributed by atoms with Crippen molar-refractivity contribution in [3.63, 3.8) is 0 Å². The van der Waals surface area contributed by atoms with Crippen molar-refractivity contribution in [2.75, 3.05) is 4.90 Å². The van der Waals surface area contributed by atoms with Crippen LogP contribution >= 0.6 is 11.6 Å². The van der Waals surface area contributed by atoms with Crippen molar-refractivity contribution < 1.29 is 9.21 Å². The summed E-state index contributed by atoms with van der Waals surface area (Å²) in [5, 5.41) is 0.954. The molecule has 1 amide bonds. The summed E-state index contributed by atoms with van der Waals surface area (Å²) in [5.41, 5.74) is 2.15. The first-order chi connectivity index (χ1) is 14.0. The van der Waals surface area contributed by atoms with Crippen molar-refractivity contribution in [1.82, 2.24) is 4.98 Å². The van der Waals surface area contributed by atoms with E-state index in [2.05, 4.69) is 4.98 Å². The van der Waals surface area contributed by atoms with Crippen LogP contribution < -0.4 is 10.3 Å². The number of carbonyl (C=O) groups is 1. The zero-order valence-electron chi connectivity index (χ0n) is 15.4. The lowest BCUT2D eigenvalue weighted by Crippen LogP contribution is -2.30. The van der Waals surface area contributed by atoms with Gasteiger partial charge in [-0.05, 0) is 48.4 Å². The Morgan fingerprint density at radius 2 is 1.86 bits per heavy atom. The van der Waals surface area contributed by atoms with Gasteiger partial charge in [-0.15, -0.1) is 0 Å². The number of aryl methyl sites for hydroxylation is 1. The minimum atomic E-state index is -0.674. The summed E-state index contributed by atoms with van der Waals surface area (Å²) in [6, 6.07) is 17.0. The number of halogens is 1. The first-order valence-electron chi connectivity index (χ1n) is 9.12. The first kappa shape index (κ1) is 17.6. The van der Waals surface area contributed by atoms with Gasteiger partial charge in [-0.1, -0.05) is 41.9 Å². The van der Waals surface area contributed by atoms with Crippen LogP contribution in [-0.2, 0) is 0 Å². The van der Waals surface area contributed by atoms with Gasteiger partial charge < -0.3 is 4.42 Å². The number of hydrogen-bond acceptors (Lipinski definition) is 4. The smallest absolute Gasteiger partial charge is 0.296 e. The van der Waals surface area contributed by atoms with Gasteiger partial charge in [0.1, 0.15) is 11.4 Å². The van der Waals surface area contributed by atoms with E-state index in [4.69, 9.17) is 16.0 Å². The van der Waals surface area contributed by atoms with Gasteiger partial charge in [0.25, 0.3) is 5.91 Å². The van der Waals surface area contributed by atoms with E-state index < -0.39 is 11.9 Å². The summed E-state index contributed by atoms with van der Waals surface area (Å²) < 4.78 is 5.90. The SMILES string of the molecule is Cc1ccc(N2C(=O)c3oc4ccccc4c(=O)c3[C@H]2c2cccc(Cl)c2)nc1. The van der Waals surface area contributed by atoms with Crippen LogP contribution in [0.15, 0.2) is 76.1 Å². The van der Waals surface area contributed by atoms with Gasteiger partial charge in [0, 0.05) is 11.2 Å². The summed E-state index contributed by atoms with van der Waals surface area (Å²) >= 11 is 6.22. The Labute approximate surface area is 171 Å². The number of nitrogens with zero attached hydrogens (tertiary/aromatic N) is 2. The summed E-state index contributed by atoms with van der Waals surface area (Å²) in [6.07, 6.45) is 1.69. The molecule has 29 heavy (non-hydrogen) atoms. The Bertz CT molecular complexity index is 1330. The molecule has 2 aromatic carbocycles. The molecule has 6 heteroatoms. The van der Waals surface area contributed by atoms with Crippen LogP contribution in [0, 0.1) is 6.92 Å². The van der Waals surface area contributed by atoms with E-state index >= 15 is 0 Å². The topological polar surface area (TPSA) is 63.4 Å². The Morgan fingerprint density at radius 3 is 2.62 bits per heavy atom. The van der Waals surface area contributed by atoms with Gasteiger partial charge in [0.15, 0.2) is 5.43 Å². The van der Waals surface area contributed by atoms with Crippen molar-refractivity contribution in [2.45, 2.75) is 13.0 Å². The third-order valence-corrected chi connectivity index (χ3v) is 5.32. The Kier molecular flexibility index (Phi) is 4.00. The van der Waals surface area contributed by atoms with Gasteiger partial charge in [-0.3, -0.25) is 14.5 Å². The van der Waals surface area contributed by atoms with Gasteiger partial charge >= 0.3 is 0 Å². The third kappa shape index (κ3) is 2.74. The second-order valence-corrected chi connectivity index (χ2v) is 7.43. The average Bonchev–Trinajstić information content (AvgIpc) is 3.02. The second kappa shape index (κ2) is 6.57. The minimum Gasteiger partial charge on any atom is -0.450 e. The van der Waals surface area contributed by atoms with Crippen molar-refractivity contribution in [1.29, 1.82) is 0 Å². The van der Waals surface area contributed by atoms with E-state index in [1.165, 1.54) is 4.90 Å². The number of carbonyl (C=O) groups excluding carboxylic acids is 1. The molecule has 0 N–H and O–H groups in total. The molecule has 1 atom stereocenters. The van der Waals surface area contributed by atoms with Crippen molar-refractivity contribution in [3.05, 3.63) is 105 Å². The minimum absolute atomic E-state index is 0.0426. The highest BCUT2D eigenvalue weighted by atomic mass is 35.5. The monoisotopic (exact) mass is 402 g/mol. The van der Waals surface area contributed by atoms with E-state index in [0.717, 1.165) is 11.1 Å². The summed E-state index contributed by atoms with van der Waals surface area (Å²) in [7, 11) is 0. The second-order valence-electron chi connectivity index (χ2n) is 7.00. The maximum atomic E-state index is 13.4. The number of pyridine rings is 1. The lowest BCUT2D eigenvalue weighted by molar-refractivity contribution is 0.0970. The van der Waals surface area contributed by atoms with Gasteiger partial charge in [0.05, 0.1) is 17.0 Å². The van der Waals surface area contributed by atoms with Crippen molar-refractivity contribution in [3.8, 4) is 0 Å². The van der Waals surface area contributed by atoms with E-state index in [9.17, 15) is 9.59 Å². The molecule has 5 rings (SSSR count). The number of anilines is 1. The normalized spacial score (nSPS) is 15.7. The average molecular weight is 403 g/mol.